The zero-order chi connectivity index (χ0) is 12.7. The minimum atomic E-state index is -0.114. The Morgan fingerprint density at radius 1 is 1.29 bits per heavy atom. The first-order chi connectivity index (χ1) is 8.19. The number of rotatable bonds is 7. The number of hydrogen-bond acceptors (Lipinski definition) is 2. The molecule has 1 nitrogen and oxygen atoms in total. The number of thioether (sulfide) groups is 1. The predicted octanol–water partition coefficient (Wildman–Crippen LogP) is 3.94. The average molecular weight is 255 g/mol. The van der Waals surface area contributed by atoms with Crippen LogP contribution in [0.1, 0.15) is 27.2 Å². The molecule has 0 saturated heterocycles. The Bertz CT molecular complexity index is 330. The molecule has 0 fully saturated rings. The lowest BCUT2D eigenvalue weighted by molar-refractivity contribution is 0.404. The van der Waals surface area contributed by atoms with Gasteiger partial charge in [-0.05, 0) is 24.6 Å². The zero-order valence-electron chi connectivity index (χ0n) is 10.9. The third-order valence-electron chi connectivity index (χ3n) is 3.05. The quantitative estimate of drug-likeness (QED) is 0.741. The Hall–Kier alpha value is -0.540. The number of benzene rings is 1. The van der Waals surface area contributed by atoms with Gasteiger partial charge in [-0.25, -0.2) is 4.39 Å². The summed E-state index contributed by atoms with van der Waals surface area (Å²) in [6, 6.07) is 7.44. The van der Waals surface area contributed by atoms with Crippen LogP contribution in [0.25, 0.3) is 0 Å². The maximum atomic E-state index is 13.5. The molecule has 0 bridgehead atoms. The van der Waals surface area contributed by atoms with Crippen LogP contribution < -0.4 is 5.32 Å². The monoisotopic (exact) mass is 255 g/mol. The Morgan fingerprint density at radius 3 is 2.59 bits per heavy atom. The summed E-state index contributed by atoms with van der Waals surface area (Å²) in [5, 5.41) is 3.48. The van der Waals surface area contributed by atoms with Gasteiger partial charge in [-0.15, -0.1) is 11.8 Å². The van der Waals surface area contributed by atoms with Crippen molar-refractivity contribution in [1.29, 1.82) is 0 Å². The van der Waals surface area contributed by atoms with E-state index in [2.05, 4.69) is 26.1 Å². The topological polar surface area (TPSA) is 12.0 Å². The van der Waals surface area contributed by atoms with Gasteiger partial charge in [0.1, 0.15) is 5.82 Å². The van der Waals surface area contributed by atoms with Crippen molar-refractivity contribution in [3.05, 3.63) is 30.1 Å². The van der Waals surface area contributed by atoms with Gasteiger partial charge in [0.15, 0.2) is 0 Å². The summed E-state index contributed by atoms with van der Waals surface area (Å²) >= 11 is 1.60. The molecule has 0 aromatic heterocycles. The van der Waals surface area contributed by atoms with Crippen LogP contribution in [0.5, 0.6) is 0 Å². The van der Waals surface area contributed by atoms with E-state index in [1.165, 1.54) is 6.07 Å². The summed E-state index contributed by atoms with van der Waals surface area (Å²) in [6.07, 6.45) is 1.15. The van der Waals surface area contributed by atoms with E-state index in [1.807, 2.05) is 12.1 Å². The second kappa shape index (κ2) is 7.72. The van der Waals surface area contributed by atoms with E-state index in [4.69, 9.17) is 0 Å². The van der Waals surface area contributed by atoms with E-state index in [1.54, 1.807) is 17.8 Å². The molecule has 0 heterocycles. The predicted molar refractivity (Wildman–Crippen MR) is 74.0 cm³/mol. The normalized spacial score (nSPS) is 14.6. The molecule has 17 heavy (non-hydrogen) atoms. The van der Waals surface area contributed by atoms with Crippen molar-refractivity contribution in [3.63, 3.8) is 0 Å². The van der Waals surface area contributed by atoms with E-state index >= 15 is 0 Å². The molecule has 0 spiro atoms. The highest BCUT2D eigenvalue weighted by Crippen LogP contribution is 2.24. The molecule has 0 amide bonds. The van der Waals surface area contributed by atoms with Crippen LogP contribution in [0.4, 0.5) is 4.39 Å². The molecule has 1 rings (SSSR count). The van der Waals surface area contributed by atoms with Gasteiger partial charge in [0.05, 0.1) is 0 Å². The Morgan fingerprint density at radius 2 is 2.00 bits per heavy atom. The van der Waals surface area contributed by atoms with Crippen molar-refractivity contribution < 1.29 is 4.39 Å². The van der Waals surface area contributed by atoms with Crippen LogP contribution in [-0.2, 0) is 0 Å². The first kappa shape index (κ1) is 14.5. The summed E-state index contributed by atoms with van der Waals surface area (Å²) in [5.41, 5.74) is 0. The SMILES string of the molecule is CCNC(CSc1ccccc1F)C(C)CC. The van der Waals surface area contributed by atoms with Gasteiger partial charge >= 0.3 is 0 Å². The second-order valence-corrected chi connectivity index (χ2v) is 5.35. The summed E-state index contributed by atoms with van der Waals surface area (Å²) in [6.45, 7) is 7.52. The fraction of sp³-hybridized carbons (Fsp3) is 0.571. The molecular weight excluding hydrogens is 233 g/mol. The van der Waals surface area contributed by atoms with Crippen LogP contribution in [0, 0.1) is 11.7 Å². The van der Waals surface area contributed by atoms with Crippen LogP contribution >= 0.6 is 11.8 Å². The van der Waals surface area contributed by atoms with E-state index < -0.39 is 0 Å². The standard InChI is InChI=1S/C14H22FNS/c1-4-11(3)13(16-5-2)10-17-14-9-7-6-8-12(14)15/h6-9,11,13,16H,4-5,10H2,1-3H3. The highest BCUT2D eigenvalue weighted by molar-refractivity contribution is 7.99. The van der Waals surface area contributed by atoms with Crippen LogP contribution in [0.2, 0.25) is 0 Å². The number of halogens is 1. The molecule has 0 saturated carbocycles. The van der Waals surface area contributed by atoms with Crippen LogP contribution in [-0.4, -0.2) is 18.3 Å². The lowest BCUT2D eigenvalue weighted by Crippen LogP contribution is -2.36. The zero-order valence-corrected chi connectivity index (χ0v) is 11.7. The molecule has 2 unspecified atom stereocenters. The van der Waals surface area contributed by atoms with Crippen molar-refractivity contribution in [1.82, 2.24) is 5.32 Å². The molecule has 0 radical (unpaired) electrons. The molecule has 1 N–H and O–H groups in total. The molecule has 0 aliphatic carbocycles. The van der Waals surface area contributed by atoms with Gasteiger partial charge in [-0.3, -0.25) is 0 Å². The van der Waals surface area contributed by atoms with Crippen molar-refractivity contribution in [2.24, 2.45) is 5.92 Å². The number of hydrogen-bond donors (Lipinski definition) is 1. The first-order valence-electron chi connectivity index (χ1n) is 6.29. The summed E-state index contributed by atoms with van der Waals surface area (Å²) in [5.74, 6) is 1.43. The molecule has 2 atom stereocenters. The maximum absolute atomic E-state index is 13.5. The van der Waals surface area contributed by atoms with Gasteiger partial charge in [0, 0.05) is 16.7 Å². The van der Waals surface area contributed by atoms with Crippen molar-refractivity contribution in [3.8, 4) is 0 Å². The highest BCUT2D eigenvalue weighted by Gasteiger charge is 2.15. The Labute approximate surface area is 108 Å². The van der Waals surface area contributed by atoms with Crippen molar-refractivity contribution in [2.75, 3.05) is 12.3 Å². The maximum Gasteiger partial charge on any atom is 0.136 e. The van der Waals surface area contributed by atoms with Gasteiger partial charge < -0.3 is 5.32 Å². The summed E-state index contributed by atoms with van der Waals surface area (Å²) < 4.78 is 13.5. The lowest BCUT2D eigenvalue weighted by Gasteiger charge is -2.23. The van der Waals surface area contributed by atoms with Gasteiger partial charge in [0.25, 0.3) is 0 Å². The lowest BCUT2D eigenvalue weighted by atomic mass is 10.0. The minimum absolute atomic E-state index is 0.114. The number of nitrogens with one attached hydrogen (secondary N) is 1. The molecule has 1 aromatic carbocycles. The van der Waals surface area contributed by atoms with E-state index in [0.29, 0.717) is 12.0 Å². The average Bonchev–Trinajstić information content (AvgIpc) is 2.35. The van der Waals surface area contributed by atoms with E-state index in [9.17, 15) is 4.39 Å². The van der Waals surface area contributed by atoms with E-state index in [0.717, 1.165) is 23.6 Å². The summed E-state index contributed by atoms with van der Waals surface area (Å²) in [7, 11) is 0. The van der Waals surface area contributed by atoms with Gasteiger partial charge in [-0.2, -0.15) is 0 Å². The summed E-state index contributed by atoms with van der Waals surface area (Å²) in [4.78, 5) is 0.749. The third-order valence-corrected chi connectivity index (χ3v) is 4.22. The fourth-order valence-corrected chi connectivity index (χ4v) is 2.90. The van der Waals surface area contributed by atoms with Crippen LogP contribution in [0.3, 0.4) is 0 Å². The molecule has 0 aliphatic heterocycles. The molecule has 0 aliphatic rings. The Kier molecular flexibility index (Phi) is 6.60. The van der Waals surface area contributed by atoms with Gasteiger partial charge in [0.2, 0.25) is 0 Å². The molecule has 3 heteroatoms. The largest absolute Gasteiger partial charge is 0.313 e. The Balaban J connectivity index is 2.54. The third kappa shape index (κ3) is 4.68. The van der Waals surface area contributed by atoms with Crippen molar-refractivity contribution in [2.45, 2.75) is 38.1 Å². The molecule has 1 aromatic rings. The smallest absolute Gasteiger partial charge is 0.136 e. The minimum Gasteiger partial charge on any atom is -0.313 e. The molecular formula is C14H22FNS. The highest BCUT2D eigenvalue weighted by atomic mass is 32.2. The molecule has 96 valence electrons. The van der Waals surface area contributed by atoms with Crippen LogP contribution in [0.15, 0.2) is 29.2 Å². The van der Waals surface area contributed by atoms with E-state index in [-0.39, 0.29) is 5.82 Å². The first-order valence-corrected chi connectivity index (χ1v) is 7.28. The fourth-order valence-electron chi connectivity index (χ4n) is 1.71. The van der Waals surface area contributed by atoms with Gasteiger partial charge in [-0.1, -0.05) is 39.3 Å². The van der Waals surface area contributed by atoms with Crippen molar-refractivity contribution >= 4 is 11.8 Å². The second-order valence-electron chi connectivity index (χ2n) is 4.29.